The van der Waals surface area contributed by atoms with Crippen LogP contribution in [-0.2, 0) is 13.0 Å². The topological polar surface area (TPSA) is 28.2 Å². The van der Waals surface area contributed by atoms with E-state index in [2.05, 4.69) is 40.4 Å². The van der Waals surface area contributed by atoms with Crippen LogP contribution in [-0.4, -0.2) is 18.6 Å². The van der Waals surface area contributed by atoms with Crippen molar-refractivity contribution < 1.29 is 4.39 Å². The van der Waals surface area contributed by atoms with Gasteiger partial charge in [0.2, 0.25) is 5.95 Å². The Morgan fingerprint density at radius 1 is 1.32 bits per heavy atom. The molecule has 0 amide bonds. The van der Waals surface area contributed by atoms with Crippen LogP contribution in [0.5, 0.6) is 0 Å². The van der Waals surface area contributed by atoms with E-state index in [4.69, 9.17) is 0 Å². The molecular formula is C15H16FN3. The first kappa shape index (κ1) is 12.0. The summed E-state index contributed by atoms with van der Waals surface area (Å²) in [7, 11) is 2.11. The Hall–Kier alpha value is -2.10. The summed E-state index contributed by atoms with van der Waals surface area (Å²) in [6.45, 7) is 1.74. The number of hydrogen-bond donors (Lipinski definition) is 1. The molecule has 1 N–H and O–H groups in total. The van der Waals surface area contributed by atoms with E-state index in [9.17, 15) is 4.39 Å². The predicted octanol–water partition coefficient (Wildman–Crippen LogP) is 2.83. The number of nitrogens with zero attached hydrogens (tertiary/aromatic N) is 2. The average molecular weight is 257 g/mol. The largest absolute Gasteiger partial charge is 0.374 e. The van der Waals surface area contributed by atoms with Gasteiger partial charge in [-0.05, 0) is 35.7 Å². The number of hydrogen-bond acceptors (Lipinski definition) is 3. The number of fused-ring (bicyclic) bond motifs is 1. The minimum Gasteiger partial charge on any atom is -0.374 e. The van der Waals surface area contributed by atoms with Crippen molar-refractivity contribution in [3.8, 4) is 0 Å². The SMILES string of the molecule is CN1CCc2cc(CNc3cccc(F)n3)ccc21. The highest BCUT2D eigenvalue weighted by molar-refractivity contribution is 5.58. The van der Waals surface area contributed by atoms with Gasteiger partial charge >= 0.3 is 0 Å². The number of likely N-dealkylation sites (N-methyl/N-ethyl adjacent to an activating group) is 1. The van der Waals surface area contributed by atoms with Gasteiger partial charge in [-0.1, -0.05) is 18.2 Å². The standard InChI is InChI=1S/C15H16FN3/c1-19-8-7-12-9-11(5-6-13(12)19)10-17-15-4-2-3-14(16)18-15/h2-6,9H,7-8,10H2,1H3,(H,17,18). The number of nitrogens with one attached hydrogen (secondary N) is 1. The predicted molar refractivity (Wildman–Crippen MR) is 74.9 cm³/mol. The van der Waals surface area contributed by atoms with E-state index in [1.165, 1.54) is 22.9 Å². The van der Waals surface area contributed by atoms with Crippen molar-refractivity contribution in [1.29, 1.82) is 0 Å². The van der Waals surface area contributed by atoms with Gasteiger partial charge in [-0.15, -0.1) is 0 Å². The van der Waals surface area contributed by atoms with E-state index >= 15 is 0 Å². The lowest BCUT2D eigenvalue weighted by Crippen LogP contribution is -2.12. The fourth-order valence-electron chi connectivity index (χ4n) is 2.43. The lowest BCUT2D eigenvalue weighted by Gasteiger charge is -2.12. The van der Waals surface area contributed by atoms with Crippen LogP contribution in [0.3, 0.4) is 0 Å². The van der Waals surface area contributed by atoms with Gasteiger partial charge < -0.3 is 10.2 Å². The molecule has 3 rings (SSSR count). The van der Waals surface area contributed by atoms with Crippen molar-refractivity contribution in [3.05, 3.63) is 53.5 Å². The van der Waals surface area contributed by atoms with Gasteiger partial charge in [0.15, 0.2) is 0 Å². The van der Waals surface area contributed by atoms with Crippen molar-refractivity contribution in [2.75, 3.05) is 23.8 Å². The zero-order chi connectivity index (χ0) is 13.2. The fourth-order valence-corrected chi connectivity index (χ4v) is 2.43. The van der Waals surface area contributed by atoms with Gasteiger partial charge in [-0.2, -0.15) is 4.39 Å². The average Bonchev–Trinajstić information content (AvgIpc) is 2.78. The van der Waals surface area contributed by atoms with Crippen molar-refractivity contribution in [2.45, 2.75) is 13.0 Å². The Balaban J connectivity index is 1.71. The maximum Gasteiger partial charge on any atom is 0.214 e. The monoisotopic (exact) mass is 257 g/mol. The van der Waals surface area contributed by atoms with Crippen LogP contribution in [0.1, 0.15) is 11.1 Å². The summed E-state index contributed by atoms with van der Waals surface area (Å²) < 4.78 is 13.0. The molecule has 19 heavy (non-hydrogen) atoms. The number of benzene rings is 1. The first-order valence-electron chi connectivity index (χ1n) is 6.42. The molecule has 0 spiro atoms. The molecule has 0 radical (unpaired) electrons. The van der Waals surface area contributed by atoms with Gasteiger partial charge in [-0.3, -0.25) is 0 Å². The first-order valence-corrected chi connectivity index (χ1v) is 6.42. The number of aromatic nitrogens is 1. The van der Waals surface area contributed by atoms with E-state index in [0.717, 1.165) is 13.0 Å². The highest BCUT2D eigenvalue weighted by atomic mass is 19.1. The number of anilines is 2. The third-order valence-corrected chi connectivity index (χ3v) is 3.46. The molecule has 0 aliphatic carbocycles. The molecule has 2 aromatic rings. The molecule has 0 saturated heterocycles. The van der Waals surface area contributed by atoms with Crippen LogP contribution in [0, 0.1) is 5.95 Å². The van der Waals surface area contributed by atoms with Crippen LogP contribution in [0.2, 0.25) is 0 Å². The summed E-state index contributed by atoms with van der Waals surface area (Å²) in [4.78, 5) is 6.05. The van der Waals surface area contributed by atoms with Gasteiger partial charge in [-0.25, -0.2) is 4.98 Å². The summed E-state index contributed by atoms with van der Waals surface area (Å²) in [5.41, 5.74) is 3.89. The molecule has 0 bridgehead atoms. The second-order valence-corrected chi connectivity index (χ2v) is 4.83. The van der Waals surface area contributed by atoms with E-state index in [-0.39, 0.29) is 0 Å². The number of halogens is 1. The van der Waals surface area contributed by atoms with Crippen LogP contribution < -0.4 is 10.2 Å². The highest BCUT2D eigenvalue weighted by Crippen LogP contribution is 2.27. The highest BCUT2D eigenvalue weighted by Gasteiger charge is 2.15. The summed E-state index contributed by atoms with van der Waals surface area (Å²) >= 11 is 0. The molecule has 1 aliphatic rings. The molecule has 0 atom stereocenters. The van der Waals surface area contributed by atoms with Gasteiger partial charge in [0, 0.05) is 25.8 Å². The smallest absolute Gasteiger partial charge is 0.214 e. The number of rotatable bonds is 3. The molecule has 0 saturated carbocycles. The van der Waals surface area contributed by atoms with E-state index in [0.29, 0.717) is 12.4 Å². The lowest BCUT2D eigenvalue weighted by molar-refractivity contribution is 0.585. The van der Waals surface area contributed by atoms with E-state index < -0.39 is 5.95 Å². The Morgan fingerprint density at radius 3 is 3.05 bits per heavy atom. The molecule has 4 heteroatoms. The quantitative estimate of drug-likeness (QED) is 0.857. The lowest BCUT2D eigenvalue weighted by atomic mass is 10.1. The Bertz CT molecular complexity index is 598. The summed E-state index contributed by atoms with van der Waals surface area (Å²) in [6, 6.07) is 11.2. The van der Waals surface area contributed by atoms with Gasteiger partial charge in [0.25, 0.3) is 0 Å². The van der Waals surface area contributed by atoms with Crippen molar-refractivity contribution in [3.63, 3.8) is 0 Å². The van der Waals surface area contributed by atoms with Crippen molar-refractivity contribution >= 4 is 11.5 Å². The Morgan fingerprint density at radius 2 is 2.21 bits per heavy atom. The Kier molecular flexibility index (Phi) is 3.07. The summed E-state index contributed by atoms with van der Waals surface area (Å²) in [5.74, 6) is 0.109. The molecular weight excluding hydrogens is 241 g/mol. The minimum absolute atomic E-state index is 0.458. The maximum absolute atomic E-state index is 13.0. The van der Waals surface area contributed by atoms with Crippen LogP contribution in [0.25, 0.3) is 0 Å². The molecule has 1 aromatic carbocycles. The van der Waals surface area contributed by atoms with Crippen molar-refractivity contribution in [2.24, 2.45) is 0 Å². The molecule has 0 fully saturated rings. The zero-order valence-corrected chi connectivity index (χ0v) is 10.9. The van der Waals surface area contributed by atoms with E-state index in [1.807, 2.05) is 0 Å². The summed E-state index contributed by atoms with van der Waals surface area (Å²) in [5, 5.41) is 3.14. The maximum atomic E-state index is 13.0. The van der Waals surface area contributed by atoms with Crippen LogP contribution in [0.15, 0.2) is 36.4 Å². The third-order valence-electron chi connectivity index (χ3n) is 3.46. The fraction of sp³-hybridized carbons (Fsp3) is 0.267. The molecule has 1 aliphatic heterocycles. The zero-order valence-electron chi connectivity index (χ0n) is 10.9. The van der Waals surface area contributed by atoms with Crippen molar-refractivity contribution in [1.82, 2.24) is 4.98 Å². The Labute approximate surface area is 112 Å². The van der Waals surface area contributed by atoms with Gasteiger partial charge in [0.1, 0.15) is 5.82 Å². The first-order chi connectivity index (χ1) is 9.22. The molecule has 3 nitrogen and oxygen atoms in total. The van der Waals surface area contributed by atoms with Crippen LogP contribution >= 0.6 is 0 Å². The van der Waals surface area contributed by atoms with Crippen LogP contribution in [0.4, 0.5) is 15.9 Å². The van der Waals surface area contributed by atoms with Gasteiger partial charge in [0.05, 0.1) is 0 Å². The number of pyridine rings is 1. The molecule has 1 aromatic heterocycles. The molecule has 0 unspecified atom stereocenters. The minimum atomic E-state index is -0.458. The van der Waals surface area contributed by atoms with E-state index in [1.54, 1.807) is 12.1 Å². The molecule has 98 valence electrons. The second kappa shape index (κ2) is 4.88. The second-order valence-electron chi connectivity index (χ2n) is 4.83. The summed E-state index contributed by atoms with van der Waals surface area (Å²) in [6.07, 6.45) is 1.10. The molecule has 2 heterocycles. The normalized spacial score (nSPS) is 13.5. The third kappa shape index (κ3) is 2.52.